The number of aromatic nitrogens is 2. The summed E-state index contributed by atoms with van der Waals surface area (Å²) in [5.74, 6) is 2.29. The van der Waals surface area contributed by atoms with Gasteiger partial charge < -0.3 is 10.2 Å². The van der Waals surface area contributed by atoms with E-state index in [0.717, 1.165) is 54.4 Å². The minimum atomic E-state index is -4.37. The molecule has 2 atom stereocenters. The van der Waals surface area contributed by atoms with Crippen LogP contribution in [0.2, 0.25) is 0 Å². The Hall–Kier alpha value is -3.40. The lowest BCUT2D eigenvalue weighted by molar-refractivity contribution is -0.137. The molecule has 0 bridgehead atoms. The smallest absolute Gasteiger partial charge is 0.340 e. The zero-order valence-corrected chi connectivity index (χ0v) is 21.8. The van der Waals surface area contributed by atoms with Crippen molar-refractivity contribution < 1.29 is 13.2 Å². The molecule has 3 heterocycles. The van der Waals surface area contributed by atoms with E-state index < -0.39 is 11.7 Å². The van der Waals surface area contributed by atoms with Crippen molar-refractivity contribution in [3.05, 3.63) is 71.3 Å². The van der Waals surface area contributed by atoms with Crippen LogP contribution in [0.25, 0.3) is 0 Å². The highest BCUT2D eigenvalue weighted by Crippen LogP contribution is 2.43. The Bertz CT molecular complexity index is 1320. The molecule has 2 aliphatic heterocycles. The fourth-order valence-corrected chi connectivity index (χ4v) is 5.45. The first-order chi connectivity index (χ1) is 17.8. The zero-order chi connectivity index (χ0) is 26.3. The number of thiocarbonyl (C=S) groups is 1. The lowest BCUT2D eigenvalue weighted by atomic mass is 10.1. The number of halogens is 3. The second-order valence-electron chi connectivity index (χ2n) is 9.12. The number of alkyl halides is 3. The molecule has 1 aromatic heterocycles. The molecule has 3 aliphatic rings. The first-order valence-electron chi connectivity index (χ1n) is 12.6. The minimum absolute atomic E-state index is 0.229. The van der Waals surface area contributed by atoms with E-state index in [1.165, 1.54) is 12.1 Å². The van der Waals surface area contributed by atoms with Crippen LogP contribution >= 0.6 is 12.2 Å². The Morgan fingerprint density at radius 1 is 1.03 bits per heavy atom. The Kier molecular flexibility index (Phi) is 6.70. The standard InChI is InChI=1S/C25H23F3N6S.C2H6/c1-32-23(35)20-21(29-17-6-3-2-4-7-17)33(14-15-10-12-16(13-11-15)25(26,27)28)31-22(20)34-19-9-5-8-18(19)30-24(32)34;1-2/h2-4,6-7,10-13,18-19,29H,5,8-9,14H2,1H3;1-2H3. The molecular formula is C27H29F3N6S. The van der Waals surface area contributed by atoms with E-state index in [4.69, 9.17) is 22.3 Å². The molecule has 2 aromatic carbocycles. The first kappa shape index (κ1) is 25.3. The van der Waals surface area contributed by atoms with Gasteiger partial charge in [0.05, 0.1) is 29.8 Å². The molecule has 6 nitrogen and oxygen atoms in total. The number of nitrogens with zero attached hydrogens (tertiary/aromatic N) is 5. The van der Waals surface area contributed by atoms with Crippen LogP contribution in [-0.2, 0) is 12.7 Å². The summed E-state index contributed by atoms with van der Waals surface area (Å²) in [4.78, 5) is 9.70. The topological polar surface area (TPSA) is 48.7 Å². The van der Waals surface area contributed by atoms with Gasteiger partial charge in [-0.05, 0) is 49.1 Å². The molecule has 194 valence electrons. The van der Waals surface area contributed by atoms with Gasteiger partial charge in [-0.15, -0.1) is 0 Å². The lowest BCUT2D eigenvalue weighted by Gasteiger charge is -2.35. The van der Waals surface area contributed by atoms with E-state index in [2.05, 4.69) is 10.2 Å². The van der Waals surface area contributed by atoms with E-state index in [1.807, 2.05) is 56.1 Å². The van der Waals surface area contributed by atoms with Crippen molar-refractivity contribution in [3.63, 3.8) is 0 Å². The average Bonchev–Trinajstić information content (AvgIpc) is 3.58. The SMILES string of the molecule is CC.CN1C(=S)c2c(nn(Cc3ccc(C(F)(F)F)cc3)c2Nc2ccccc2)N2C1=NC1CCCC12. The molecule has 1 N–H and O–H groups in total. The highest BCUT2D eigenvalue weighted by atomic mass is 32.1. The minimum Gasteiger partial charge on any atom is -0.340 e. The van der Waals surface area contributed by atoms with Crippen molar-refractivity contribution in [2.45, 2.75) is 57.9 Å². The molecule has 37 heavy (non-hydrogen) atoms. The molecule has 1 aliphatic carbocycles. The van der Waals surface area contributed by atoms with Gasteiger partial charge in [0, 0.05) is 12.7 Å². The molecule has 6 rings (SSSR count). The van der Waals surface area contributed by atoms with Crippen molar-refractivity contribution in [1.29, 1.82) is 0 Å². The van der Waals surface area contributed by atoms with Crippen molar-refractivity contribution in [3.8, 4) is 0 Å². The highest BCUT2D eigenvalue weighted by Gasteiger charge is 2.48. The summed E-state index contributed by atoms with van der Waals surface area (Å²) >= 11 is 5.88. The first-order valence-corrected chi connectivity index (χ1v) is 13.0. The predicted molar refractivity (Wildman–Crippen MR) is 145 cm³/mol. The Balaban J connectivity index is 0.00000137. The predicted octanol–water partition coefficient (Wildman–Crippen LogP) is 6.44. The summed E-state index contributed by atoms with van der Waals surface area (Å²) in [5, 5.41) is 8.43. The number of nitrogens with one attached hydrogen (secondary N) is 1. The van der Waals surface area contributed by atoms with Gasteiger partial charge in [-0.3, -0.25) is 4.90 Å². The summed E-state index contributed by atoms with van der Waals surface area (Å²) < 4.78 is 41.0. The van der Waals surface area contributed by atoms with Crippen molar-refractivity contribution in [2.24, 2.45) is 4.99 Å². The fourth-order valence-electron chi connectivity index (χ4n) is 5.18. The number of fused-ring (bicyclic) bond motifs is 5. The average molecular weight is 527 g/mol. The molecule has 0 amide bonds. The van der Waals surface area contributed by atoms with E-state index >= 15 is 0 Å². The number of para-hydroxylation sites is 1. The third kappa shape index (κ3) is 4.47. The molecular weight excluding hydrogens is 497 g/mol. The van der Waals surface area contributed by atoms with Crippen LogP contribution in [0.15, 0.2) is 59.6 Å². The monoisotopic (exact) mass is 526 g/mol. The summed E-state index contributed by atoms with van der Waals surface area (Å²) in [6.07, 6.45) is -1.18. The molecule has 1 saturated carbocycles. The third-order valence-electron chi connectivity index (χ3n) is 6.90. The maximum atomic E-state index is 13.1. The second-order valence-corrected chi connectivity index (χ2v) is 9.51. The van der Waals surface area contributed by atoms with Gasteiger partial charge in [-0.1, -0.05) is 56.4 Å². The van der Waals surface area contributed by atoms with Crippen LogP contribution < -0.4 is 10.2 Å². The van der Waals surface area contributed by atoms with E-state index in [-0.39, 0.29) is 12.1 Å². The number of hydrogen-bond donors (Lipinski definition) is 1. The van der Waals surface area contributed by atoms with Gasteiger partial charge in [0.2, 0.25) is 5.96 Å². The van der Waals surface area contributed by atoms with Crippen molar-refractivity contribution in [2.75, 3.05) is 17.3 Å². The van der Waals surface area contributed by atoms with E-state index in [0.29, 0.717) is 22.9 Å². The van der Waals surface area contributed by atoms with Gasteiger partial charge >= 0.3 is 6.18 Å². The van der Waals surface area contributed by atoms with Gasteiger partial charge in [0.1, 0.15) is 10.8 Å². The molecule has 0 radical (unpaired) electrons. The zero-order valence-electron chi connectivity index (χ0n) is 21.0. The number of rotatable bonds is 4. The molecule has 0 saturated heterocycles. The van der Waals surface area contributed by atoms with Crippen molar-refractivity contribution in [1.82, 2.24) is 14.7 Å². The Morgan fingerprint density at radius 3 is 2.41 bits per heavy atom. The summed E-state index contributed by atoms with van der Waals surface area (Å²) in [7, 11) is 1.93. The number of benzene rings is 2. The van der Waals surface area contributed by atoms with Gasteiger partial charge in [-0.25, -0.2) is 9.67 Å². The third-order valence-corrected chi connectivity index (χ3v) is 7.38. The van der Waals surface area contributed by atoms with Crippen LogP contribution in [0.5, 0.6) is 0 Å². The number of anilines is 3. The quantitative estimate of drug-likeness (QED) is 0.397. The molecule has 2 unspecified atom stereocenters. The van der Waals surface area contributed by atoms with Gasteiger partial charge in [0.15, 0.2) is 5.82 Å². The van der Waals surface area contributed by atoms with Crippen LogP contribution in [0.3, 0.4) is 0 Å². The molecule has 3 aromatic rings. The summed E-state index contributed by atoms with van der Waals surface area (Å²) in [6, 6.07) is 15.4. The largest absolute Gasteiger partial charge is 0.416 e. The Labute approximate surface area is 219 Å². The van der Waals surface area contributed by atoms with Crippen LogP contribution in [0.4, 0.5) is 30.5 Å². The normalized spacial score (nSPS) is 20.1. The molecule has 10 heteroatoms. The van der Waals surface area contributed by atoms with Crippen LogP contribution in [0, 0.1) is 0 Å². The van der Waals surface area contributed by atoms with Crippen molar-refractivity contribution >= 4 is 40.5 Å². The number of aliphatic imine (C=N–C) groups is 1. The summed E-state index contributed by atoms with van der Waals surface area (Å²) in [6.45, 7) is 4.29. The van der Waals surface area contributed by atoms with Crippen LogP contribution in [-0.4, -0.2) is 44.8 Å². The van der Waals surface area contributed by atoms with Gasteiger partial charge in [-0.2, -0.15) is 18.3 Å². The number of hydrogen-bond acceptors (Lipinski definition) is 5. The van der Waals surface area contributed by atoms with Crippen LogP contribution in [0.1, 0.15) is 49.8 Å². The maximum absolute atomic E-state index is 13.1. The van der Waals surface area contributed by atoms with E-state index in [9.17, 15) is 13.2 Å². The maximum Gasteiger partial charge on any atom is 0.416 e. The fraction of sp³-hybridized carbons (Fsp3) is 0.370. The second kappa shape index (κ2) is 9.81. The number of guanidine groups is 1. The summed E-state index contributed by atoms with van der Waals surface area (Å²) in [5.41, 5.74) is 1.72. The lowest BCUT2D eigenvalue weighted by Crippen LogP contribution is -2.51. The molecule has 0 spiro atoms. The van der Waals surface area contributed by atoms with Gasteiger partial charge in [0.25, 0.3) is 0 Å². The Morgan fingerprint density at radius 2 is 1.73 bits per heavy atom. The highest BCUT2D eigenvalue weighted by molar-refractivity contribution is 7.80. The molecule has 1 fully saturated rings. The van der Waals surface area contributed by atoms with E-state index in [1.54, 1.807) is 4.68 Å².